The largest absolute Gasteiger partial charge is 0.508 e. The van der Waals surface area contributed by atoms with E-state index < -0.39 is 5.54 Å². The number of nitrogens with two attached hydrogens (primary N) is 1. The molecule has 30 heavy (non-hydrogen) atoms. The summed E-state index contributed by atoms with van der Waals surface area (Å²) in [5.74, 6) is 3.26. The molecule has 172 valence electrons. The van der Waals surface area contributed by atoms with Gasteiger partial charge in [-0.2, -0.15) is 0 Å². The Labute approximate surface area is 184 Å². The fourth-order valence-corrected chi connectivity index (χ4v) is 4.17. The van der Waals surface area contributed by atoms with Gasteiger partial charge in [0.1, 0.15) is 11.5 Å². The average Bonchev–Trinajstić information content (AvgIpc) is 3.50. The number of hydrogen-bond donors (Lipinski definition) is 3. The second-order valence-electron chi connectivity index (χ2n) is 10.2. The maximum atomic E-state index is 10.4. The summed E-state index contributed by atoms with van der Waals surface area (Å²) < 4.78 is 5.84. The Balaban J connectivity index is 1.65. The highest BCUT2D eigenvalue weighted by atomic mass is 16.5. The summed E-state index contributed by atoms with van der Waals surface area (Å²) in [4.78, 5) is 0. The van der Waals surface area contributed by atoms with Crippen molar-refractivity contribution in [3.8, 4) is 11.5 Å². The van der Waals surface area contributed by atoms with Crippen LogP contribution in [0.15, 0.2) is 18.2 Å². The average molecular weight is 420 g/mol. The molecule has 0 heterocycles. The molecule has 0 saturated heterocycles. The van der Waals surface area contributed by atoms with Gasteiger partial charge in [0.15, 0.2) is 0 Å². The van der Waals surface area contributed by atoms with E-state index in [4.69, 9.17) is 10.5 Å². The number of ether oxygens (including phenoxy) is 1. The predicted octanol–water partition coefficient (Wildman–Crippen LogP) is 5.83. The number of benzene rings is 1. The number of phenolic OH excluding ortho intramolecular Hbond substituents is 1. The number of phenols is 1. The number of aryl methyl sites for hydroxylation is 1. The molecular formula is C26H45NO3. The fourth-order valence-electron chi connectivity index (χ4n) is 4.17. The standard InChI is InChI=1S/C26H45NO3/c1-20(2)7-6-9-21(3)8-4-5-16-30-24-13-12-23(25(29)17-24)14-15-26(27,19-28)18-22-10-11-22/h12-13,17,20-22,28-29H,4-11,14-16,18-19,27H2,1-3H3/t21?,26-/m0/s1. The number of hydrogen-bond acceptors (Lipinski definition) is 4. The van der Waals surface area contributed by atoms with Gasteiger partial charge in [-0.15, -0.1) is 0 Å². The quantitative estimate of drug-likeness (QED) is 0.295. The van der Waals surface area contributed by atoms with Crippen LogP contribution in [0.4, 0.5) is 0 Å². The van der Waals surface area contributed by atoms with Crippen molar-refractivity contribution in [2.45, 2.75) is 96.9 Å². The second kappa shape index (κ2) is 12.6. The van der Waals surface area contributed by atoms with E-state index in [1.165, 1.54) is 44.9 Å². The Morgan fingerprint density at radius 3 is 2.47 bits per heavy atom. The van der Waals surface area contributed by atoms with E-state index in [0.717, 1.165) is 36.0 Å². The zero-order valence-corrected chi connectivity index (χ0v) is 19.5. The monoisotopic (exact) mass is 419 g/mol. The molecule has 1 aromatic rings. The third kappa shape index (κ3) is 9.70. The smallest absolute Gasteiger partial charge is 0.122 e. The van der Waals surface area contributed by atoms with Crippen molar-refractivity contribution in [1.82, 2.24) is 0 Å². The minimum absolute atomic E-state index is 0.00179. The highest BCUT2D eigenvalue weighted by Crippen LogP contribution is 2.37. The van der Waals surface area contributed by atoms with Crippen molar-refractivity contribution in [1.29, 1.82) is 0 Å². The summed E-state index contributed by atoms with van der Waals surface area (Å²) in [6, 6.07) is 5.57. The van der Waals surface area contributed by atoms with Crippen molar-refractivity contribution in [2.75, 3.05) is 13.2 Å². The normalized spacial score (nSPS) is 17.1. The van der Waals surface area contributed by atoms with Gasteiger partial charge >= 0.3 is 0 Å². The zero-order chi connectivity index (χ0) is 22.0. The van der Waals surface area contributed by atoms with E-state index in [9.17, 15) is 10.2 Å². The number of rotatable bonds is 16. The highest BCUT2D eigenvalue weighted by Gasteiger charge is 2.33. The molecule has 1 aromatic carbocycles. The number of aliphatic hydroxyl groups is 1. The van der Waals surface area contributed by atoms with Crippen LogP contribution >= 0.6 is 0 Å². The van der Waals surface area contributed by atoms with Crippen LogP contribution in [-0.2, 0) is 6.42 Å². The molecule has 1 fully saturated rings. The third-order valence-electron chi connectivity index (χ3n) is 6.49. The number of aromatic hydroxyl groups is 1. The lowest BCUT2D eigenvalue weighted by molar-refractivity contribution is 0.172. The molecule has 4 N–H and O–H groups in total. The van der Waals surface area contributed by atoms with Gasteiger partial charge in [0.25, 0.3) is 0 Å². The maximum Gasteiger partial charge on any atom is 0.122 e. The molecule has 1 aliphatic carbocycles. The van der Waals surface area contributed by atoms with E-state index in [2.05, 4.69) is 20.8 Å². The summed E-state index contributed by atoms with van der Waals surface area (Å²) in [6.45, 7) is 7.64. The summed E-state index contributed by atoms with van der Waals surface area (Å²) in [6.07, 6.45) is 12.2. The lowest BCUT2D eigenvalue weighted by Gasteiger charge is -2.27. The maximum absolute atomic E-state index is 10.4. The van der Waals surface area contributed by atoms with Gasteiger partial charge in [0.2, 0.25) is 0 Å². The minimum Gasteiger partial charge on any atom is -0.508 e. The zero-order valence-electron chi connectivity index (χ0n) is 19.5. The molecule has 0 spiro atoms. The Morgan fingerprint density at radius 1 is 1.10 bits per heavy atom. The van der Waals surface area contributed by atoms with Crippen molar-refractivity contribution in [3.63, 3.8) is 0 Å². The molecule has 0 bridgehead atoms. The number of aliphatic hydroxyl groups excluding tert-OH is 1. The van der Waals surface area contributed by atoms with E-state index in [1.807, 2.05) is 12.1 Å². The van der Waals surface area contributed by atoms with Crippen LogP contribution in [0.3, 0.4) is 0 Å². The van der Waals surface area contributed by atoms with Gasteiger partial charge in [0.05, 0.1) is 13.2 Å². The van der Waals surface area contributed by atoms with Crippen LogP contribution in [0.2, 0.25) is 0 Å². The fraction of sp³-hybridized carbons (Fsp3) is 0.769. The topological polar surface area (TPSA) is 75.7 Å². The van der Waals surface area contributed by atoms with Crippen LogP contribution in [0, 0.1) is 17.8 Å². The van der Waals surface area contributed by atoms with Gasteiger partial charge in [-0.05, 0) is 61.5 Å². The SMILES string of the molecule is CC(C)CCCC(C)CCCCOc1ccc(CC[C@@](N)(CO)CC2CC2)c(O)c1. The van der Waals surface area contributed by atoms with E-state index >= 15 is 0 Å². The molecule has 2 rings (SSSR count). The summed E-state index contributed by atoms with van der Waals surface area (Å²) in [7, 11) is 0. The highest BCUT2D eigenvalue weighted by molar-refractivity contribution is 5.39. The third-order valence-corrected chi connectivity index (χ3v) is 6.49. The minimum atomic E-state index is -0.533. The lowest BCUT2D eigenvalue weighted by atomic mass is 9.87. The van der Waals surface area contributed by atoms with Crippen molar-refractivity contribution in [2.24, 2.45) is 23.5 Å². The summed E-state index contributed by atoms with van der Waals surface area (Å²) in [5, 5.41) is 20.1. The Hall–Kier alpha value is -1.26. The molecule has 0 aromatic heterocycles. The summed E-state index contributed by atoms with van der Waals surface area (Å²) >= 11 is 0. The Bertz CT molecular complexity index is 614. The second-order valence-corrected chi connectivity index (χ2v) is 10.2. The first kappa shape index (κ1) is 25.0. The molecule has 1 unspecified atom stereocenters. The molecule has 2 atom stereocenters. The molecule has 1 saturated carbocycles. The van der Waals surface area contributed by atoms with Gasteiger partial charge in [-0.25, -0.2) is 0 Å². The molecule has 0 aliphatic heterocycles. The van der Waals surface area contributed by atoms with Crippen LogP contribution in [0.25, 0.3) is 0 Å². The van der Waals surface area contributed by atoms with Gasteiger partial charge < -0.3 is 20.7 Å². The van der Waals surface area contributed by atoms with E-state index in [-0.39, 0.29) is 12.4 Å². The first-order chi connectivity index (χ1) is 14.3. The van der Waals surface area contributed by atoms with E-state index in [1.54, 1.807) is 6.07 Å². The van der Waals surface area contributed by atoms with Crippen LogP contribution in [-0.4, -0.2) is 29.0 Å². The molecule has 4 nitrogen and oxygen atoms in total. The van der Waals surface area contributed by atoms with Crippen LogP contribution in [0.5, 0.6) is 11.5 Å². The molecular weight excluding hydrogens is 374 g/mol. The van der Waals surface area contributed by atoms with Gasteiger partial charge in [-0.1, -0.05) is 65.4 Å². The Kier molecular flexibility index (Phi) is 10.5. The summed E-state index contributed by atoms with van der Waals surface area (Å²) in [5.41, 5.74) is 6.70. The predicted molar refractivity (Wildman–Crippen MR) is 125 cm³/mol. The van der Waals surface area contributed by atoms with Crippen LogP contribution in [0.1, 0.15) is 90.5 Å². The van der Waals surface area contributed by atoms with Crippen molar-refractivity contribution >= 4 is 0 Å². The van der Waals surface area contributed by atoms with E-state index in [0.29, 0.717) is 25.4 Å². The van der Waals surface area contributed by atoms with Crippen molar-refractivity contribution in [3.05, 3.63) is 23.8 Å². The lowest BCUT2D eigenvalue weighted by Crippen LogP contribution is -2.44. The van der Waals surface area contributed by atoms with Gasteiger partial charge in [0, 0.05) is 11.6 Å². The first-order valence-corrected chi connectivity index (χ1v) is 12.2. The molecule has 1 aliphatic rings. The van der Waals surface area contributed by atoms with Crippen molar-refractivity contribution < 1.29 is 14.9 Å². The number of unbranched alkanes of at least 4 members (excludes halogenated alkanes) is 1. The van der Waals surface area contributed by atoms with Gasteiger partial charge in [-0.3, -0.25) is 0 Å². The molecule has 0 radical (unpaired) electrons. The Morgan fingerprint density at radius 2 is 1.83 bits per heavy atom. The molecule has 4 heteroatoms. The van der Waals surface area contributed by atoms with Crippen LogP contribution < -0.4 is 10.5 Å². The molecule has 0 amide bonds. The first-order valence-electron chi connectivity index (χ1n) is 12.2.